The Bertz CT molecular complexity index is 237. The van der Waals surface area contributed by atoms with E-state index in [0.717, 1.165) is 5.69 Å². The second-order valence-electron chi connectivity index (χ2n) is 2.18. The highest BCUT2D eigenvalue weighted by molar-refractivity contribution is 14.1. The van der Waals surface area contributed by atoms with Gasteiger partial charge in [-0.15, -0.1) is 0 Å². The fourth-order valence-corrected chi connectivity index (χ4v) is 1.22. The Hall–Kier alpha value is -0.320. The first-order valence-corrected chi connectivity index (χ1v) is 4.54. The summed E-state index contributed by atoms with van der Waals surface area (Å²) in [6.45, 7) is 0. The molecule has 0 bridgehead atoms. The van der Waals surface area contributed by atoms with Crippen molar-refractivity contribution < 1.29 is 4.39 Å². The van der Waals surface area contributed by atoms with Crippen LogP contribution in [0, 0.1) is 0 Å². The van der Waals surface area contributed by atoms with Gasteiger partial charge in [0, 0.05) is 12.7 Å². The van der Waals surface area contributed by atoms with E-state index in [2.05, 4.69) is 5.32 Å². The highest BCUT2D eigenvalue weighted by Crippen LogP contribution is 2.26. The smallest absolute Gasteiger partial charge is 0.176 e. The molecule has 0 radical (unpaired) electrons. The molecule has 0 aromatic heterocycles. The van der Waals surface area contributed by atoms with E-state index < -0.39 is 4.18 Å². The van der Waals surface area contributed by atoms with Crippen LogP contribution in [-0.4, -0.2) is 7.05 Å². The molecule has 1 atom stereocenters. The van der Waals surface area contributed by atoms with E-state index >= 15 is 0 Å². The summed E-state index contributed by atoms with van der Waals surface area (Å²) < 4.78 is 11.8. The van der Waals surface area contributed by atoms with Gasteiger partial charge in [-0.2, -0.15) is 0 Å². The largest absolute Gasteiger partial charge is 0.388 e. The van der Waals surface area contributed by atoms with Crippen LogP contribution in [0.25, 0.3) is 0 Å². The Kier molecular flexibility index (Phi) is 3.11. The lowest BCUT2D eigenvalue weighted by Gasteiger charge is -2.03. The molecule has 0 aliphatic rings. The number of halogens is 2. The van der Waals surface area contributed by atoms with E-state index in [0.29, 0.717) is 5.56 Å². The number of rotatable bonds is 2. The van der Waals surface area contributed by atoms with E-state index in [-0.39, 0.29) is 0 Å². The molecule has 0 saturated heterocycles. The van der Waals surface area contributed by atoms with Crippen molar-refractivity contribution in [1.29, 1.82) is 0 Å². The highest BCUT2D eigenvalue weighted by Gasteiger charge is 2.03. The minimum absolute atomic E-state index is 0.706. The Labute approximate surface area is 79.1 Å². The Morgan fingerprint density at radius 3 is 2.82 bits per heavy atom. The van der Waals surface area contributed by atoms with E-state index in [1.807, 2.05) is 19.2 Å². The Morgan fingerprint density at radius 2 is 2.27 bits per heavy atom. The predicted octanol–water partition coefficient (Wildman–Crippen LogP) is 3.13. The van der Waals surface area contributed by atoms with Crippen molar-refractivity contribution in [3.63, 3.8) is 0 Å². The number of anilines is 1. The Morgan fingerprint density at radius 1 is 1.55 bits per heavy atom. The van der Waals surface area contributed by atoms with Crippen molar-refractivity contribution in [3.8, 4) is 0 Å². The quantitative estimate of drug-likeness (QED) is 0.639. The van der Waals surface area contributed by atoms with Crippen molar-refractivity contribution in [2.75, 3.05) is 12.4 Å². The Balaban J connectivity index is 2.91. The molecule has 1 rings (SSSR count). The summed E-state index contributed by atoms with van der Waals surface area (Å²) in [5, 5.41) is 2.95. The molecular weight excluding hydrogens is 256 g/mol. The van der Waals surface area contributed by atoms with Gasteiger partial charge in [0.05, 0.1) is 0 Å². The van der Waals surface area contributed by atoms with Gasteiger partial charge in [-0.25, -0.2) is 4.39 Å². The van der Waals surface area contributed by atoms with Crippen LogP contribution in [0.2, 0.25) is 0 Å². The van der Waals surface area contributed by atoms with Gasteiger partial charge in [0.25, 0.3) is 0 Å². The van der Waals surface area contributed by atoms with Gasteiger partial charge in [-0.3, -0.25) is 0 Å². The van der Waals surface area contributed by atoms with E-state index in [9.17, 15) is 4.39 Å². The van der Waals surface area contributed by atoms with Crippen molar-refractivity contribution >= 4 is 28.3 Å². The molecule has 1 N–H and O–H groups in total. The van der Waals surface area contributed by atoms with Crippen LogP contribution in [0.3, 0.4) is 0 Å². The van der Waals surface area contributed by atoms with Crippen LogP contribution < -0.4 is 5.32 Å². The van der Waals surface area contributed by atoms with E-state index in [1.54, 1.807) is 34.7 Å². The van der Waals surface area contributed by atoms with E-state index in [4.69, 9.17) is 0 Å². The summed E-state index contributed by atoms with van der Waals surface area (Å²) in [6.07, 6.45) is 0. The third-order valence-electron chi connectivity index (χ3n) is 1.43. The molecule has 3 heteroatoms. The molecule has 0 heterocycles. The molecule has 1 aromatic carbocycles. The molecule has 0 fully saturated rings. The minimum atomic E-state index is -0.916. The van der Waals surface area contributed by atoms with Gasteiger partial charge in [0.1, 0.15) is 0 Å². The maximum Gasteiger partial charge on any atom is 0.176 e. The summed E-state index contributed by atoms with van der Waals surface area (Å²) in [6, 6.07) is 7.32. The fraction of sp³-hybridized carbons (Fsp3) is 0.250. The maximum absolute atomic E-state index is 12.7. The number of alkyl halides is 2. The topological polar surface area (TPSA) is 12.0 Å². The second-order valence-corrected chi connectivity index (χ2v) is 3.27. The van der Waals surface area contributed by atoms with Crippen LogP contribution >= 0.6 is 22.6 Å². The molecule has 1 aromatic rings. The summed E-state index contributed by atoms with van der Waals surface area (Å²) in [5.74, 6) is 0. The normalized spacial score (nSPS) is 12.6. The number of hydrogen-bond acceptors (Lipinski definition) is 1. The number of hydrogen-bond donors (Lipinski definition) is 1. The van der Waals surface area contributed by atoms with Gasteiger partial charge in [0.15, 0.2) is 4.18 Å². The molecule has 11 heavy (non-hydrogen) atoms. The average Bonchev–Trinajstić information content (AvgIpc) is 2.05. The van der Waals surface area contributed by atoms with Gasteiger partial charge >= 0.3 is 0 Å². The number of benzene rings is 1. The van der Waals surface area contributed by atoms with Gasteiger partial charge in [-0.1, -0.05) is 12.1 Å². The lowest BCUT2D eigenvalue weighted by atomic mass is 10.2. The minimum Gasteiger partial charge on any atom is -0.388 e. The van der Waals surface area contributed by atoms with Gasteiger partial charge in [-0.05, 0) is 40.3 Å². The summed E-state index contributed by atoms with van der Waals surface area (Å²) in [7, 11) is 1.82. The summed E-state index contributed by atoms with van der Waals surface area (Å²) in [4.78, 5) is 0. The maximum atomic E-state index is 12.7. The molecule has 0 amide bonds. The zero-order valence-electron chi connectivity index (χ0n) is 6.14. The molecule has 0 saturated carbocycles. The first-order chi connectivity index (χ1) is 5.24. The van der Waals surface area contributed by atoms with Gasteiger partial charge < -0.3 is 5.32 Å². The first kappa shape index (κ1) is 8.77. The monoisotopic (exact) mass is 265 g/mol. The first-order valence-electron chi connectivity index (χ1n) is 3.30. The van der Waals surface area contributed by atoms with Crippen LogP contribution in [-0.2, 0) is 0 Å². The van der Waals surface area contributed by atoms with E-state index in [1.165, 1.54) is 0 Å². The molecule has 0 aliphatic heterocycles. The van der Waals surface area contributed by atoms with Crippen molar-refractivity contribution in [2.24, 2.45) is 0 Å². The van der Waals surface area contributed by atoms with Crippen molar-refractivity contribution in [1.82, 2.24) is 0 Å². The predicted molar refractivity (Wildman–Crippen MR) is 53.9 cm³/mol. The van der Waals surface area contributed by atoms with Crippen LogP contribution in [0.1, 0.15) is 9.74 Å². The lowest BCUT2D eigenvalue weighted by Crippen LogP contribution is -1.89. The fourth-order valence-electron chi connectivity index (χ4n) is 0.830. The van der Waals surface area contributed by atoms with Crippen LogP contribution in [0.15, 0.2) is 24.3 Å². The van der Waals surface area contributed by atoms with Gasteiger partial charge in [0.2, 0.25) is 0 Å². The molecule has 1 nitrogen and oxygen atoms in total. The third-order valence-corrected chi connectivity index (χ3v) is 2.15. The summed E-state index contributed by atoms with van der Waals surface area (Å²) >= 11 is 1.75. The SMILES string of the molecule is CNc1cccc(C(F)I)c1. The standard InChI is InChI=1S/C8H9FIN/c1-11-7-4-2-3-6(5-7)8(9)10/h2-5,8,11H,1H3. The van der Waals surface area contributed by atoms with Crippen LogP contribution in [0.5, 0.6) is 0 Å². The molecular formula is C8H9FIN. The molecule has 0 aliphatic carbocycles. The third kappa shape index (κ3) is 2.32. The molecule has 0 spiro atoms. The molecule has 1 unspecified atom stereocenters. The van der Waals surface area contributed by atoms with Crippen LogP contribution in [0.4, 0.5) is 10.1 Å². The summed E-state index contributed by atoms with van der Waals surface area (Å²) in [5.41, 5.74) is 1.65. The zero-order valence-corrected chi connectivity index (χ0v) is 8.30. The second kappa shape index (κ2) is 3.90. The average molecular weight is 265 g/mol. The number of nitrogens with one attached hydrogen (secondary N) is 1. The lowest BCUT2D eigenvalue weighted by molar-refractivity contribution is 0.491. The molecule has 60 valence electrons. The zero-order chi connectivity index (χ0) is 8.27. The van der Waals surface area contributed by atoms with Crippen molar-refractivity contribution in [3.05, 3.63) is 29.8 Å². The van der Waals surface area contributed by atoms with Crippen molar-refractivity contribution in [2.45, 2.75) is 4.18 Å². The highest BCUT2D eigenvalue weighted by atomic mass is 127.